The summed E-state index contributed by atoms with van der Waals surface area (Å²) in [5.74, 6) is -0.193. The first-order valence-corrected chi connectivity index (χ1v) is 5.04. The minimum absolute atomic E-state index is 0.114. The Morgan fingerprint density at radius 1 is 1.39 bits per heavy atom. The Kier molecular flexibility index (Phi) is 4.49. The van der Waals surface area contributed by atoms with Crippen molar-refractivity contribution in [3.8, 4) is 5.75 Å². The van der Waals surface area contributed by atoms with Crippen LogP contribution in [0.3, 0.4) is 0 Å². The van der Waals surface area contributed by atoms with Crippen LogP contribution in [0.2, 0.25) is 0 Å². The molecule has 0 amide bonds. The fraction of sp³-hybridized carbons (Fsp3) is 0.400. The highest BCUT2D eigenvalue weighted by Gasteiger charge is 2.33. The number of halogens is 3. The van der Waals surface area contributed by atoms with Crippen LogP contribution in [-0.4, -0.2) is 18.1 Å². The van der Waals surface area contributed by atoms with Crippen LogP contribution < -0.4 is 10.5 Å². The van der Waals surface area contributed by atoms with Gasteiger partial charge in [-0.25, -0.2) is 0 Å². The van der Waals surface area contributed by atoms with Gasteiger partial charge in [0.1, 0.15) is 0 Å². The molecule has 0 bridgehead atoms. The van der Waals surface area contributed by atoms with E-state index in [4.69, 9.17) is 10.5 Å². The molecule has 1 aromatic rings. The Balaban J connectivity index is 3.01. The Morgan fingerprint density at radius 3 is 2.56 bits per heavy atom. The van der Waals surface area contributed by atoms with E-state index in [-0.39, 0.29) is 12.4 Å². The number of ether oxygens (including phenoxy) is 1. The predicted molar refractivity (Wildman–Crippen MR) is 57.3 cm³/mol. The third-order valence-corrected chi connectivity index (χ3v) is 2.09. The summed E-state index contributed by atoms with van der Waals surface area (Å²) in [5, 5.41) is 10.7. The zero-order valence-corrected chi connectivity index (χ0v) is 9.24. The molecule has 5 nitrogen and oxygen atoms in total. The quantitative estimate of drug-likeness (QED) is 0.503. The summed E-state index contributed by atoms with van der Waals surface area (Å²) in [6.45, 7) is 0.442. The van der Waals surface area contributed by atoms with Crippen molar-refractivity contribution in [3.63, 3.8) is 0 Å². The van der Waals surface area contributed by atoms with Gasteiger partial charge in [-0.3, -0.25) is 10.1 Å². The van der Waals surface area contributed by atoms with E-state index in [9.17, 15) is 23.3 Å². The highest BCUT2D eigenvalue weighted by atomic mass is 19.4. The summed E-state index contributed by atoms with van der Waals surface area (Å²) in [7, 11) is 0. The van der Waals surface area contributed by atoms with E-state index >= 15 is 0 Å². The molecular formula is C10H11F3N2O3. The Hall–Kier alpha value is -1.83. The average Bonchev–Trinajstić information content (AvgIpc) is 2.28. The molecule has 100 valence electrons. The first-order chi connectivity index (χ1) is 8.36. The Bertz CT molecular complexity index is 435. The molecule has 8 heteroatoms. The van der Waals surface area contributed by atoms with Gasteiger partial charge >= 0.3 is 11.9 Å². The molecule has 0 aliphatic rings. The first-order valence-electron chi connectivity index (χ1n) is 5.04. The van der Waals surface area contributed by atoms with Crippen molar-refractivity contribution in [1.29, 1.82) is 0 Å². The molecule has 1 aromatic carbocycles. The lowest BCUT2D eigenvalue weighted by molar-refractivity contribution is -0.386. The van der Waals surface area contributed by atoms with Crippen LogP contribution in [0.1, 0.15) is 12.0 Å². The summed E-state index contributed by atoms with van der Waals surface area (Å²) < 4.78 is 42.2. The molecule has 0 spiro atoms. The van der Waals surface area contributed by atoms with Gasteiger partial charge < -0.3 is 10.5 Å². The average molecular weight is 264 g/mol. The van der Waals surface area contributed by atoms with E-state index in [1.165, 1.54) is 0 Å². The number of rotatable bonds is 5. The zero-order valence-electron chi connectivity index (χ0n) is 9.24. The molecule has 0 saturated carbocycles. The van der Waals surface area contributed by atoms with Gasteiger partial charge in [-0.15, -0.1) is 0 Å². The van der Waals surface area contributed by atoms with Gasteiger partial charge in [0.15, 0.2) is 5.75 Å². The van der Waals surface area contributed by atoms with Gasteiger partial charge in [-0.2, -0.15) is 13.2 Å². The molecule has 18 heavy (non-hydrogen) atoms. The standard InChI is InChI=1S/C10H11F3N2O3/c11-10(12,13)7-2-3-9(18-5-1-4-14)8(6-7)15(16)17/h2-3,6H,1,4-5,14H2. The van der Waals surface area contributed by atoms with Gasteiger partial charge in [0.25, 0.3) is 0 Å². The number of alkyl halides is 3. The highest BCUT2D eigenvalue weighted by molar-refractivity contribution is 5.49. The third kappa shape index (κ3) is 3.59. The molecule has 0 aromatic heterocycles. The number of nitrogens with zero attached hydrogens (tertiary/aromatic N) is 1. The smallest absolute Gasteiger partial charge is 0.416 e. The minimum atomic E-state index is -4.62. The lowest BCUT2D eigenvalue weighted by Gasteiger charge is -2.09. The number of nitrogens with two attached hydrogens (primary N) is 1. The number of nitro benzene ring substituents is 1. The van der Waals surface area contributed by atoms with E-state index < -0.39 is 22.4 Å². The second kappa shape index (κ2) is 5.67. The van der Waals surface area contributed by atoms with E-state index in [1.54, 1.807) is 0 Å². The number of hydrogen-bond donors (Lipinski definition) is 1. The fourth-order valence-electron chi connectivity index (χ4n) is 1.22. The minimum Gasteiger partial charge on any atom is -0.487 e. The molecule has 0 aliphatic heterocycles. The summed E-state index contributed by atoms with van der Waals surface area (Å²) in [6.07, 6.45) is -4.17. The van der Waals surface area contributed by atoms with Crippen molar-refractivity contribution in [1.82, 2.24) is 0 Å². The topological polar surface area (TPSA) is 78.4 Å². The number of nitro groups is 1. The van der Waals surface area contributed by atoms with Crippen LogP contribution in [0.15, 0.2) is 18.2 Å². The molecule has 2 N–H and O–H groups in total. The van der Waals surface area contributed by atoms with E-state index in [2.05, 4.69) is 0 Å². The first kappa shape index (κ1) is 14.2. The monoisotopic (exact) mass is 264 g/mol. The van der Waals surface area contributed by atoms with Gasteiger partial charge in [0.2, 0.25) is 0 Å². The van der Waals surface area contributed by atoms with Crippen LogP contribution >= 0.6 is 0 Å². The molecule has 0 heterocycles. The van der Waals surface area contributed by atoms with Crippen molar-refractivity contribution in [2.24, 2.45) is 5.73 Å². The van der Waals surface area contributed by atoms with Crippen molar-refractivity contribution >= 4 is 5.69 Å². The van der Waals surface area contributed by atoms with E-state index in [1.807, 2.05) is 0 Å². The molecule has 0 fully saturated rings. The maximum Gasteiger partial charge on any atom is 0.416 e. The van der Waals surface area contributed by atoms with Crippen molar-refractivity contribution in [2.45, 2.75) is 12.6 Å². The van der Waals surface area contributed by atoms with Gasteiger partial charge in [-0.05, 0) is 25.1 Å². The number of hydrogen-bond acceptors (Lipinski definition) is 4. The molecule has 0 unspecified atom stereocenters. The van der Waals surface area contributed by atoms with Crippen molar-refractivity contribution in [2.75, 3.05) is 13.2 Å². The van der Waals surface area contributed by atoms with Crippen LogP contribution in [0.5, 0.6) is 5.75 Å². The zero-order chi connectivity index (χ0) is 13.8. The lowest BCUT2D eigenvalue weighted by Crippen LogP contribution is -2.09. The molecule has 0 aliphatic carbocycles. The summed E-state index contributed by atoms with van der Waals surface area (Å²) >= 11 is 0. The number of benzene rings is 1. The van der Waals surface area contributed by atoms with E-state index in [0.717, 1.165) is 12.1 Å². The molecule has 0 saturated heterocycles. The second-order valence-corrected chi connectivity index (χ2v) is 3.43. The van der Waals surface area contributed by atoms with Gasteiger partial charge in [-0.1, -0.05) is 0 Å². The predicted octanol–water partition coefficient (Wildman–Crippen LogP) is 2.34. The van der Waals surface area contributed by atoms with Crippen LogP contribution in [-0.2, 0) is 6.18 Å². The molecule has 1 rings (SSSR count). The van der Waals surface area contributed by atoms with Crippen LogP contribution in [0.4, 0.5) is 18.9 Å². The SMILES string of the molecule is NCCCOc1ccc(C(F)(F)F)cc1[N+](=O)[O-]. The third-order valence-electron chi connectivity index (χ3n) is 2.09. The molecule has 0 atom stereocenters. The lowest BCUT2D eigenvalue weighted by atomic mass is 10.2. The Morgan fingerprint density at radius 2 is 2.06 bits per heavy atom. The van der Waals surface area contributed by atoms with Crippen LogP contribution in [0, 0.1) is 10.1 Å². The Labute approximate surface area is 100 Å². The fourth-order valence-corrected chi connectivity index (χ4v) is 1.22. The molecule has 0 radical (unpaired) electrons. The highest BCUT2D eigenvalue weighted by Crippen LogP contribution is 2.35. The normalized spacial score (nSPS) is 11.3. The summed E-state index contributed by atoms with van der Waals surface area (Å²) in [4.78, 5) is 9.76. The van der Waals surface area contributed by atoms with Crippen molar-refractivity contribution < 1.29 is 22.8 Å². The van der Waals surface area contributed by atoms with E-state index in [0.29, 0.717) is 19.0 Å². The second-order valence-electron chi connectivity index (χ2n) is 3.43. The molecular weight excluding hydrogens is 253 g/mol. The van der Waals surface area contributed by atoms with Crippen LogP contribution in [0.25, 0.3) is 0 Å². The van der Waals surface area contributed by atoms with Gasteiger partial charge in [0.05, 0.1) is 17.1 Å². The largest absolute Gasteiger partial charge is 0.487 e. The van der Waals surface area contributed by atoms with Gasteiger partial charge in [0, 0.05) is 6.07 Å². The summed E-state index contributed by atoms with van der Waals surface area (Å²) in [5.41, 5.74) is 3.42. The maximum absolute atomic E-state index is 12.4. The summed E-state index contributed by atoms with van der Waals surface area (Å²) in [6, 6.07) is 2.14. The maximum atomic E-state index is 12.4. The van der Waals surface area contributed by atoms with Crippen molar-refractivity contribution in [3.05, 3.63) is 33.9 Å².